The molecule has 6 nitrogen and oxygen atoms in total. The number of benzene rings is 1. The summed E-state index contributed by atoms with van der Waals surface area (Å²) >= 11 is 1.50. The lowest BCUT2D eigenvalue weighted by atomic mass is 10.2. The lowest BCUT2D eigenvalue weighted by Crippen LogP contribution is -2.20. The topological polar surface area (TPSA) is 73.9 Å². The van der Waals surface area contributed by atoms with Crippen LogP contribution in [0.15, 0.2) is 41.8 Å². The van der Waals surface area contributed by atoms with Gasteiger partial charge in [0.2, 0.25) is 0 Å². The summed E-state index contributed by atoms with van der Waals surface area (Å²) in [6, 6.07) is 8.75. The van der Waals surface area contributed by atoms with E-state index < -0.39 is 18.5 Å². The van der Waals surface area contributed by atoms with Gasteiger partial charge in [0.15, 0.2) is 6.61 Å². The highest BCUT2D eigenvalue weighted by Crippen LogP contribution is 2.28. The number of esters is 1. The van der Waals surface area contributed by atoms with E-state index in [9.17, 15) is 9.59 Å². The van der Waals surface area contributed by atoms with E-state index in [-0.39, 0.29) is 0 Å². The molecule has 2 rings (SSSR count). The third-order valence-electron chi connectivity index (χ3n) is 2.95. The Morgan fingerprint density at radius 2 is 2.04 bits per heavy atom. The molecule has 2 aromatic rings. The monoisotopic (exact) mass is 347 g/mol. The normalized spacial score (nSPS) is 10.4. The molecule has 0 aliphatic carbocycles. The molecule has 1 N–H and O–H groups in total. The van der Waals surface area contributed by atoms with E-state index in [2.05, 4.69) is 5.32 Å². The molecular weight excluding hydrogens is 330 g/mol. The number of hydrogen-bond acceptors (Lipinski definition) is 6. The summed E-state index contributed by atoms with van der Waals surface area (Å²) in [6.07, 6.45) is 2.92. The highest BCUT2D eigenvalue weighted by atomic mass is 32.1. The highest BCUT2D eigenvalue weighted by molar-refractivity contribution is 7.10. The van der Waals surface area contributed by atoms with E-state index in [1.807, 2.05) is 17.5 Å². The summed E-state index contributed by atoms with van der Waals surface area (Å²) in [5.74, 6) is -0.00868. The predicted octanol–water partition coefficient (Wildman–Crippen LogP) is 2.96. The minimum Gasteiger partial charge on any atom is -0.497 e. The van der Waals surface area contributed by atoms with Crippen LogP contribution in [0.1, 0.15) is 4.88 Å². The SMILES string of the molecule is COc1ccc(OC)c(NC(=O)COC(=O)/C=C/c2cccs2)c1. The lowest BCUT2D eigenvalue weighted by molar-refractivity contribution is -0.142. The number of thiophene rings is 1. The third kappa shape index (κ3) is 5.13. The molecule has 1 heterocycles. The smallest absolute Gasteiger partial charge is 0.331 e. The van der Waals surface area contributed by atoms with Gasteiger partial charge in [0.25, 0.3) is 5.91 Å². The Balaban J connectivity index is 1.88. The molecule has 0 radical (unpaired) electrons. The summed E-state index contributed by atoms with van der Waals surface area (Å²) in [5, 5.41) is 4.52. The number of amides is 1. The van der Waals surface area contributed by atoms with Gasteiger partial charge in [-0.1, -0.05) is 6.07 Å². The number of carbonyl (C=O) groups is 2. The molecule has 1 amide bonds. The maximum absolute atomic E-state index is 11.9. The summed E-state index contributed by atoms with van der Waals surface area (Å²) in [6.45, 7) is -0.395. The van der Waals surface area contributed by atoms with Crippen molar-refractivity contribution in [2.75, 3.05) is 26.1 Å². The second-order valence-electron chi connectivity index (χ2n) is 4.57. The van der Waals surface area contributed by atoms with Crippen LogP contribution in [0.25, 0.3) is 6.08 Å². The fourth-order valence-electron chi connectivity index (χ4n) is 1.82. The minimum absolute atomic E-state index is 0.395. The first-order valence-electron chi connectivity index (χ1n) is 7.02. The van der Waals surface area contributed by atoms with Gasteiger partial charge >= 0.3 is 5.97 Å². The Labute approximate surface area is 143 Å². The maximum atomic E-state index is 11.9. The van der Waals surface area contributed by atoms with Gasteiger partial charge in [-0.3, -0.25) is 4.79 Å². The highest BCUT2D eigenvalue weighted by Gasteiger charge is 2.10. The van der Waals surface area contributed by atoms with Crippen LogP contribution in [0.4, 0.5) is 5.69 Å². The van der Waals surface area contributed by atoms with Crippen LogP contribution in [0, 0.1) is 0 Å². The molecule has 7 heteroatoms. The van der Waals surface area contributed by atoms with Gasteiger partial charge in [0, 0.05) is 17.0 Å². The minimum atomic E-state index is -0.587. The molecule has 0 spiro atoms. The molecule has 126 valence electrons. The standard InChI is InChI=1S/C17H17NO5S/c1-21-12-5-7-15(22-2)14(10-12)18-16(19)11-23-17(20)8-6-13-4-3-9-24-13/h3-10H,11H2,1-2H3,(H,18,19)/b8-6+. The number of rotatable bonds is 7. The van der Waals surface area contributed by atoms with Gasteiger partial charge < -0.3 is 19.5 Å². The number of anilines is 1. The second kappa shape index (κ2) is 8.73. The molecule has 0 atom stereocenters. The molecule has 0 aliphatic heterocycles. The molecule has 1 aromatic carbocycles. The summed E-state index contributed by atoms with van der Waals surface area (Å²) in [7, 11) is 3.02. The van der Waals surface area contributed by atoms with Gasteiger partial charge in [0.05, 0.1) is 19.9 Å². The van der Waals surface area contributed by atoms with E-state index in [4.69, 9.17) is 14.2 Å². The largest absolute Gasteiger partial charge is 0.497 e. The van der Waals surface area contributed by atoms with Gasteiger partial charge in [-0.25, -0.2) is 4.79 Å². The first kappa shape index (κ1) is 17.6. The Morgan fingerprint density at radius 1 is 1.21 bits per heavy atom. The predicted molar refractivity (Wildman–Crippen MR) is 92.5 cm³/mol. The first-order valence-corrected chi connectivity index (χ1v) is 7.90. The average molecular weight is 347 g/mol. The van der Waals surface area contributed by atoms with Crippen molar-refractivity contribution in [2.24, 2.45) is 0 Å². The van der Waals surface area contributed by atoms with Crippen molar-refractivity contribution in [3.8, 4) is 11.5 Å². The van der Waals surface area contributed by atoms with Crippen molar-refractivity contribution in [2.45, 2.75) is 0 Å². The average Bonchev–Trinajstić information content (AvgIpc) is 3.11. The molecule has 0 aliphatic rings. The summed E-state index contributed by atoms with van der Waals surface area (Å²) < 4.78 is 15.2. The van der Waals surface area contributed by atoms with Crippen LogP contribution in [0.5, 0.6) is 11.5 Å². The van der Waals surface area contributed by atoms with Crippen LogP contribution >= 0.6 is 11.3 Å². The first-order chi connectivity index (χ1) is 11.6. The molecule has 0 fully saturated rings. The quantitative estimate of drug-likeness (QED) is 0.616. The Morgan fingerprint density at radius 3 is 2.71 bits per heavy atom. The van der Waals surface area contributed by atoms with Crippen LogP contribution in [0.3, 0.4) is 0 Å². The van der Waals surface area contributed by atoms with Crippen LogP contribution in [-0.4, -0.2) is 32.7 Å². The van der Waals surface area contributed by atoms with Crippen molar-refractivity contribution in [1.82, 2.24) is 0 Å². The van der Waals surface area contributed by atoms with Gasteiger partial charge in [-0.05, 0) is 29.7 Å². The number of nitrogens with one attached hydrogen (secondary N) is 1. The van der Waals surface area contributed by atoms with Gasteiger partial charge in [-0.2, -0.15) is 0 Å². The zero-order valence-corrected chi connectivity index (χ0v) is 14.1. The number of hydrogen-bond donors (Lipinski definition) is 1. The van der Waals surface area contributed by atoms with Crippen LogP contribution < -0.4 is 14.8 Å². The van der Waals surface area contributed by atoms with Crippen LogP contribution in [-0.2, 0) is 14.3 Å². The van der Waals surface area contributed by atoms with E-state index in [0.29, 0.717) is 17.2 Å². The Kier molecular flexibility index (Phi) is 6.39. The molecule has 24 heavy (non-hydrogen) atoms. The molecule has 0 unspecified atom stereocenters. The Bertz CT molecular complexity index is 725. The third-order valence-corrected chi connectivity index (χ3v) is 3.79. The fourth-order valence-corrected chi connectivity index (χ4v) is 2.44. The van der Waals surface area contributed by atoms with Crippen LogP contribution in [0.2, 0.25) is 0 Å². The fraction of sp³-hybridized carbons (Fsp3) is 0.176. The lowest BCUT2D eigenvalue weighted by Gasteiger charge is -2.11. The number of ether oxygens (including phenoxy) is 3. The summed E-state index contributed by atoms with van der Waals surface area (Å²) in [4.78, 5) is 24.4. The molecule has 1 aromatic heterocycles. The van der Waals surface area contributed by atoms with Crippen molar-refractivity contribution in [3.63, 3.8) is 0 Å². The molecule has 0 saturated heterocycles. The van der Waals surface area contributed by atoms with E-state index in [0.717, 1.165) is 4.88 Å². The zero-order valence-electron chi connectivity index (χ0n) is 13.3. The van der Waals surface area contributed by atoms with Crippen molar-refractivity contribution in [1.29, 1.82) is 0 Å². The van der Waals surface area contributed by atoms with Gasteiger partial charge in [-0.15, -0.1) is 11.3 Å². The van der Waals surface area contributed by atoms with E-state index in [1.165, 1.54) is 31.6 Å². The summed E-state index contributed by atoms with van der Waals surface area (Å²) in [5.41, 5.74) is 0.437. The van der Waals surface area contributed by atoms with Crippen molar-refractivity contribution in [3.05, 3.63) is 46.7 Å². The van der Waals surface area contributed by atoms with Crippen molar-refractivity contribution >= 4 is 35.0 Å². The maximum Gasteiger partial charge on any atom is 0.331 e. The van der Waals surface area contributed by atoms with Crippen molar-refractivity contribution < 1.29 is 23.8 Å². The van der Waals surface area contributed by atoms with E-state index >= 15 is 0 Å². The second-order valence-corrected chi connectivity index (χ2v) is 5.55. The number of methoxy groups -OCH3 is 2. The molecular formula is C17H17NO5S. The van der Waals surface area contributed by atoms with Gasteiger partial charge in [0.1, 0.15) is 11.5 Å². The molecule has 0 bridgehead atoms. The Hall–Kier alpha value is -2.80. The number of carbonyl (C=O) groups excluding carboxylic acids is 2. The zero-order chi connectivity index (χ0) is 17.4. The van der Waals surface area contributed by atoms with E-state index in [1.54, 1.807) is 24.3 Å². The molecule has 0 saturated carbocycles.